The smallest absolute Gasteiger partial charge is 0.318 e. The minimum atomic E-state index is -0.414. The van der Waals surface area contributed by atoms with Crippen LogP contribution in [0.1, 0.15) is 18.4 Å². The molecule has 0 heterocycles. The highest BCUT2D eigenvalue weighted by molar-refractivity contribution is 5.80. The number of rotatable bonds is 5. The maximum atomic E-state index is 12.2. The van der Waals surface area contributed by atoms with E-state index in [1.54, 1.807) is 45.4 Å². The lowest BCUT2D eigenvalue weighted by atomic mass is 10.0. The van der Waals surface area contributed by atoms with Crippen molar-refractivity contribution in [3.63, 3.8) is 0 Å². The molecular weight excluding hydrogens is 268 g/mol. The normalized spacial score (nSPS) is 11.6. The average Bonchev–Trinajstić information content (AvgIpc) is 2.54. The van der Waals surface area contributed by atoms with E-state index < -0.39 is 5.92 Å². The molecule has 0 N–H and O–H groups in total. The highest BCUT2D eigenvalue weighted by Crippen LogP contribution is 2.28. The number of ether oxygens (including phenoxy) is 3. The van der Waals surface area contributed by atoms with E-state index in [2.05, 4.69) is 0 Å². The summed E-state index contributed by atoms with van der Waals surface area (Å²) in [6, 6.07) is 14.3. The van der Waals surface area contributed by atoms with Gasteiger partial charge in [0.05, 0.1) is 20.1 Å². The van der Waals surface area contributed by atoms with Gasteiger partial charge in [-0.25, -0.2) is 0 Å². The Morgan fingerprint density at radius 3 is 2.14 bits per heavy atom. The van der Waals surface area contributed by atoms with Gasteiger partial charge in [0.15, 0.2) is 0 Å². The van der Waals surface area contributed by atoms with E-state index in [1.165, 1.54) is 0 Å². The summed E-state index contributed by atoms with van der Waals surface area (Å²) in [5.41, 5.74) is 0.804. The van der Waals surface area contributed by atoms with Gasteiger partial charge in [0, 0.05) is 5.56 Å². The Bertz CT molecular complexity index is 604. The molecule has 0 spiro atoms. The molecule has 1 atom stereocenters. The van der Waals surface area contributed by atoms with E-state index in [1.807, 2.05) is 24.3 Å². The van der Waals surface area contributed by atoms with Crippen LogP contribution in [-0.2, 0) is 4.79 Å². The maximum Gasteiger partial charge on any atom is 0.318 e. The highest BCUT2D eigenvalue weighted by Gasteiger charge is 2.20. The largest absolute Gasteiger partial charge is 0.497 e. The van der Waals surface area contributed by atoms with Crippen molar-refractivity contribution < 1.29 is 19.0 Å². The minimum absolute atomic E-state index is 0.329. The molecule has 4 nitrogen and oxygen atoms in total. The third kappa shape index (κ3) is 3.54. The molecule has 0 aliphatic heterocycles. The molecule has 0 bridgehead atoms. The van der Waals surface area contributed by atoms with Gasteiger partial charge in [-0.3, -0.25) is 4.79 Å². The fourth-order valence-corrected chi connectivity index (χ4v) is 2.00. The molecule has 0 aromatic heterocycles. The summed E-state index contributed by atoms with van der Waals surface area (Å²) >= 11 is 0. The summed E-state index contributed by atoms with van der Waals surface area (Å²) in [6.07, 6.45) is 0. The first kappa shape index (κ1) is 14.9. The lowest BCUT2D eigenvalue weighted by Crippen LogP contribution is -2.16. The average molecular weight is 286 g/mol. The standard InChI is InChI=1S/C17H18O4/c1-12(15-6-4-5-7-16(15)20-3)17(18)21-14-10-8-13(19-2)9-11-14/h4-12H,1-3H3. The molecule has 0 fully saturated rings. The first-order valence-corrected chi connectivity index (χ1v) is 6.64. The van der Waals surface area contributed by atoms with E-state index in [0.29, 0.717) is 17.2 Å². The SMILES string of the molecule is COc1ccc(OC(=O)C(C)c2ccccc2OC)cc1. The van der Waals surface area contributed by atoms with Gasteiger partial charge in [-0.1, -0.05) is 18.2 Å². The Hall–Kier alpha value is -2.49. The number of carbonyl (C=O) groups excluding carboxylic acids is 1. The first-order chi connectivity index (χ1) is 10.2. The number of para-hydroxylation sites is 1. The van der Waals surface area contributed by atoms with Crippen LogP contribution in [0.4, 0.5) is 0 Å². The zero-order chi connectivity index (χ0) is 15.2. The van der Waals surface area contributed by atoms with Crippen LogP contribution >= 0.6 is 0 Å². The number of methoxy groups -OCH3 is 2. The molecule has 0 saturated carbocycles. The first-order valence-electron chi connectivity index (χ1n) is 6.64. The number of hydrogen-bond acceptors (Lipinski definition) is 4. The van der Waals surface area contributed by atoms with E-state index in [4.69, 9.17) is 14.2 Å². The number of benzene rings is 2. The van der Waals surface area contributed by atoms with Crippen LogP contribution in [0.15, 0.2) is 48.5 Å². The number of carbonyl (C=O) groups is 1. The van der Waals surface area contributed by atoms with E-state index >= 15 is 0 Å². The number of hydrogen-bond donors (Lipinski definition) is 0. The Kier molecular flexibility index (Phi) is 4.82. The van der Waals surface area contributed by atoms with Crippen LogP contribution in [0.3, 0.4) is 0 Å². The second-order valence-electron chi connectivity index (χ2n) is 4.56. The van der Waals surface area contributed by atoms with Crippen molar-refractivity contribution >= 4 is 5.97 Å². The third-order valence-corrected chi connectivity index (χ3v) is 3.24. The molecule has 0 radical (unpaired) electrons. The Morgan fingerprint density at radius 2 is 1.52 bits per heavy atom. The van der Waals surface area contributed by atoms with E-state index in [-0.39, 0.29) is 5.97 Å². The van der Waals surface area contributed by atoms with Crippen molar-refractivity contribution in [1.29, 1.82) is 0 Å². The van der Waals surface area contributed by atoms with Gasteiger partial charge in [0.2, 0.25) is 0 Å². The van der Waals surface area contributed by atoms with Gasteiger partial charge >= 0.3 is 5.97 Å². The molecule has 21 heavy (non-hydrogen) atoms. The third-order valence-electron chi connectivity index (χ3n) is 3.24. The molecule has 2 aromatic rings. The highest BCUT2D eigenvalue weighted by atomic mass is 16.5. The van der Waals surface area contributed by atoms with Gasteiger partial charge in [-0.05, 0) is 37.3 Å². The summed E-state index contributed by atoms with van der Waals surface area (Å²) in [5.74, 6) is 1.14. The van der Waals surface area contributed by atoms with E-state index in [0.717, 1.165) is 5.56 Å². The van der Waals surface area contributed by atoms with Crippen LogP contribution in [-0.4, -0.2) is 20.2 Å². The summed E-state index contributed by atoms with van der Waals surface area (Å²) in [5, 5.41) is 0. The quantitative estimate of drug-likeness (QED) is 0.624. The fraction of sp³-hybridized carbons (Fsp3) is 0.235. The van der Waals surface area contributed by atoms with Crippen molar-refractivity contribution in [3.05, 3.63) is 54.1 Å². The zero-order valence-electron chi connectivity index (χ0n) is 12.3. The summed E-state index contributed by atoms with van der Waals surface area (Å²) in [6.45, 7) is 1.80. The second kappa shape index (κ2) is 6.79. The Balaban J connectivity index is 2.11. The summed E-state index contributed by atoms with van der Waals surface area (Å²) < 4.78 is 15.7. The lowest BCUT2D eigenvalue weighted by Gasteiger charge is -2.14. The predicted molar refractivity (Wildman–Crippen MR) is 80.0 cm³/mol. The van der Waals surface area contributed by atoms with Crippen LogP contribution < -0.4 is 14.2 Å². The van der Waals surface area contributed by atoms with Crippen LogP contribution in [0.2, 0.25) is 0 Å². The van der Waals surface area contributed by atoms with Gasteiger partial charge in [-0.15, -0.1) is 0 Å². The molecule has 2 aromatic carbocycles. The van der Waals surface area contributed by atoms with Gasteiger partial charge in [0.25, 0.3) is 0 Å². The molecule has 0 aliphatic carbocycles. The Labute approximate surface area is 124 Å². The fourth-order valence-electron chi connectivity index (χ4n) is 2.00. The topological polar surface area (TPSA) is 44.8 Å². The van der Waals surface area contributed by atoms with Crippen LogP contribution in [0.5, 0.6) is 17.2 Å². The van der Waals surface area contributed by atoms with Gasteiger partial charge in [0.1, 0.15) is 17.2 Å². The van der Waals surface area contributed by atoms with Crippen LogP contribution in [0.25, 0.3) is 0 Å². The second-order valence-corrected chi connectivity index (χ2v) is 4.56. The minimum Gasteiger partial charge on any atom is -0.497 e. The predicted octanol–water partition coefficient (Wildman–Crippen LogP) is 3.41. The van der Waals surface area contributed by atoms with Crippen molar-refractivity contribution in [2.45, 2.75) is 12.8 Å². The lowest BCUT2D eigenvalue weighted by molar-refractivity contribution is -0.135. The molecule has 0 saturated heterocycles. The molecule has 0 amide bonds. The van der Waals surface area contributed by atoms with Crippen molar-refractivity contribution in [3.8, 4) is 17.2 Å². The maximum absolute atomic E-state index is 12.2. The summed E-state index contributed by atoms with van der Waals surface area (Å²) in [4.78, 5) is 12.2. The monoisotopic (exact) mass is 286 g/mol. The van der Waals surface area contributed by atoms with Crippen molar-refractivity contribution in [2.75, 3.05) is 14.2 Å². The molecule has 2 rings (SSSR count). The number of esters is 1. The van der Waals surface area contributed by atoms with E-state index in [9.17, 15) is 4.79 Å². The molecular formula is C17H18O4. The summed E-state index contributed by atoms with van der Waals surface area (Å²) in [7, 11) is 3.17. The zero-order valence-corrected chi connectivity index (χ0v) is 12.3. The van der Waals surface area contributed by atoms with Gasteiger partial charge < -0.3 is 14.2 Å². The van der Waals surface area contributed by atoms with Crippen molar-refractivity contribution in [1.82, 2.24) is 0 Å². The van der Waals surface area contributed by atoms with Gasteiger partial charge in [-0.2, -0.15) is 0 Å². The Morgan fingerprint density at radius 1 is 0.905 bits per heavy atom. The van der Waals surface area contributed by atoms with Crippen molar-refractivity contribution in [2.24, 2.45) is 0 Å². The molecule has 0 aliphatic rings. The molecule has 1 unspecified atom stereocenters. The molecule has 110 valence electrons. The van der Waals surface area contributed by atoms with Crippen LogP contribution in [0, 0.1) is 0 Å². The molecule has 4 heteroatoms.